The molecule has 0 saturated carbocycles. The van der Waals surface area contributed by atoms with Gasteiger partial charge >= 0.3 is 0 Å². The molecule has 0 unspecified atom stereocenters. The summed E-state index contributed by atoms with van der Waals surface area (Å²) >= 11 is 3.42. The molecule has 14 heavy (non-hydrogen) atoms. The van der Waals surface area contributed by atoms with Gasteiger partial charge in [-0.15, -0.1) is 0 Å². The molecule has 0 aromatic heterocycles. The SMILES string of the molecule is CC(C)(CCO)Cc1ccc(Br)cc1. The highest BCUT2D eigenvalue weighted by molar-refractivity contribution is 9.10. The molecule has 0 spiro atoms. The number of hydrogen-bond acceptors (Lipinski definition) is 1. The van der Waals surface area contributed by atoms with E-state index >= 15 is 0 Å². The summed E-state index contributed by atoms with van der Waals surface area (Å²) in [4.78, 5) is 0. The Hall–Kier alpha value is -0.340. The monoisotopic (exact) mass is 256 g/mol. The van der Waals surface area contributed by atoms with Crippen molar-refractivity contribution in [2.45, 2.75) is 26.7 Å². The minimum Gasteiger partial charge on any atom is -0.396 e. The molecule has 0 aliphatic rings. The summed E-state index contributed by atoms with van der Waals surface area (Å²) in [5, 5.41) is 8.92. The van der Waals surface area contributed by atoms with Crippen LogP contribution < -0.4 is 0 Å². The van der Waals surface area contributed by atoms with Crippen LogP contribution in [0.2, 0.25) is 0 Å². The number of benzene rings is 1. The van der Waals surface area contributed by atoms with E-state index in [-0.39, 0.29) is 12.0 Å². The van der Waals surface area contributed by atoms with Crippen LogP contribution in [-0.4, -0.2) is 11.7 Å². The topological polar surface area (TPSA) is 20.2 Å². The summed E-state index contributed by atoms with van der Waals surface area (Å²) in [6.07, 6.45) is 1.86. The van der Waals surface area contributed by atoms with Crippen molar-refractivity contribution in [2.75, 3.05) is 6.61 Å². The third kappa shape index (κ3) is 3.81. The summed E-state index contributed by atoms with van der Waals surface area (Å²) in [6.45, 7) is 4.64. The maximum atomic E-state index is 8.92. The van der Waals surface area contributed by atoms with E-state index in [1.54, 1.807) is 0 Å². The molecule has 0 aliphatic heterocycles. The van der Waals surface area contributed by atoms with Crippen LogP contribution in [0.25, 0.3) is 0 Å². The molecular weight excluding hydrogens is 240 g/mol. The molecule has 2 heteroatoms. The molecule has 0 radical (unpaired) electrons. The number of aliphatic hydroxyl groups excluding tert-OH is 1. The molecule has 1 aromatic carbocycles. The number of rotatable bonds is 4. The van der Waals surface area contributed by atoms with Crippen LogP contribution in [0.5, 0.6) is 0 Å². The third-order valence-corrected chi connectivity index (χ3v) is 2.91. The molecule has 0 saturated heterocycles. The van der Waals surface area contributed by atoms with Crippen molar-refractivity contribution in [3.8, 4) is 0 Å². The highest BCUT2D eigenvalue weighted by Crippen LogP contribution is 2.26. The first-order valence-corrected chi connectivity index (χ1v) is 5.68. The maximum Gasteiger partial charge on any atom is 0.0436 e. The largest absolute Gasteiger partial charge is 0.396 e. The van der Waals surface area contributed by atoms with Crippen LogP contribution in [0, 0.1) is 5.41 Å². The minimum absolute atomic E-state index is 0.183. The lowest BCUT2D eigenvalue weighted by Gasteiger charge is -2.23. The second kappa shape index (κ2) is 4.94. The molecule has 1 nitrogen and oxygen atoms in total. The zero-order valence-electron chi connectivity index (χ0n) is 8.76. The van der Waals surface area contributed by atoms with Crippen LogP contribution in [-0.2, 0) is 6.42 Å². The van der Waals surface area contributed by atoms with Gasteiger partial charge in [-0.05, 0) is 36.0 Å². The number of halogens is 1. The zero-order chi connectivity index (χ0) is 10.6. The Morgan fingerprint density at radius 2 is 1.79 bits per heavy atom. The number of aliphatic hydroxyl groups is 1. The fourth-order valence-corrected chi connectivity index (χ4v) is 1.81. The van der Waals surface area contributed by atoms with Crippen molar-refractivity contribution >= 4 is 15.9 Å². The van der Waals surface area contributed by atoms with Gasteiger partial charge in [0.25, 0.3) is 0 Å². The second-order valence-corrected chi connectivity index (χ2v) is 5.36. The standard InChI is InChI=1S/C12H17BrO/c1-12(2,7-8-14)9-10-3-5-11(13)6-4-10/h3-6,14H,7-9H2,1-2H3. The molecule has 1 rings (SSSR count). The van der Waals surface area contributed by atoms with Gasteiger partial charge in [0, 0.05) is 11.1 Å². The van der Waals surface area contributed by atoms with Gasteiger partial charge in [-0.3, -0.25) is 0 Å². The van der Waals surface area contributed by atoms with Crippen molar-refractivity contribution < 1.29 is 5.11 Å². The normalized spacial score (nSPS) is 11.7. The van der Waals surface area contributed by atoms with Crippen LogP contribution in [0.1, 0.15) is 25.8 Å². The van der Waals surface area contributed by atoms with Crippen LogP contribution in [0.15, 0.2) is 28.7 Å². The van der Waals surface area contributed by atoms with Gasteiger partial charge < -0.3 is 5.11 Å². The molecule has 1 aromatic rings. The Morgan fingerprint density at radius 3 is 2.29 bits per heavy atom. The van der Waals surface area contributed by atoms with Gasteiger partial charge in [-0.2, -0.15) is 0 Å². The summed E-state index contributed by atoms with van der Waals surface area (Å²) in [7, 11) is 0. The Kier molecular flexibility index (Phi) is 4.14. The Labute approximate surface area is 94.3 Å². The van der Waals surface area contributed by atoms with Gasteiger partial charge in [0.15, 0.2) is 0 Å². The van der Waals surface area contributed by atoms with Gasteiger partial charge in [0.2, 0.25) is 0 Å². The molecule has 1 N–H and O–H groups in total. The van der Waals surface area contributed by atoms with Crippen molar-refractivity contribution in [3.05, 3.63) is 34.3 Å². The van der Waals surface area contributed by atoms with Crippen LogP contribution in [0.4, 0.5) is 0 Å². The minimum atomic E-state index is 0.183. The van der Waals surface area contributed by atoms with E-state index in [1.165, 1.54) is 5.56 Å². The molecule has 0 heterocycles. The Morgan fingerprint density at radius 1 is 1.21 bits per heavy atom. The molecular formula is C12H17BrO. The van der Waals surface area contributed by atoms with Crippen molar-refractivity contribution in [1.82, 2.24) is 0 Å². The highest BCUT2D eigenvalue weighted by Gasteiger charge is 2.17. The second-order valence-electron chi connectivity index (χ2n) is 4.44. The van der Waals surface area contributed by atoms with Crippen LogP contribution >= 0.6 is 15.9 Å². The van der Waals surface area contributed by atoms with E-state index in [0.717, 1.165) is 17.3 Å². The third-order valence-electron chi connectivity index (χ3n) is 2.38. The van der Waals surface area contributed by atoms with Crippen LogP contribution in [0.3, 0.4) is 0 Å². The molecule has 78 valence electrons. The van der Waals surface area contributed by atoms with E-state index in [9.17, 15) is 0 Å². The average molecular weight is 257 g/mol. The van der Waals surface area contributed by atoms with E-state index in [2.05, 4.69) is 54.0 Å². The number of hydrogen-bond donors (Lipinski definition) is 1. The summed E-state index contributed by atoms with van der Waals surface area (Å²) in [5.74, 6) is 0. The zero-order valence-corrected chi connectivity index (χ0v) is 10.3. The lowest BCUT2D eigenvalue weighted by atomic mass is 9.83. The predicted molar refractivity (Wildman–Crippen MR) is 63.3 cm³/mol. The van der Waals surface area contributed by atoms with Crippen molar-refractivity contribution in [1.29, 1.82) is 0 Å². The quantitative estimate of drug-likeness (QED) is 0.876. The van der Waals surface area contributed by atoms with Gasteiger partial charge in [-0.1, -0.05) is 41.9 Å². The van der Waals surface area contributed by atoms with Gasteiger partial charge in [0.05, 0.1) is 0 Å². The van der Waals surface area contributed by atoms with E-state index < -0.39 is 0 Å². The lowest BCUT2D eigenvalue weighted by Crippen LogP contribution is -2.16. The summed E-state index contributed by atoms with van der Waals surface area (Å²) < 4.78 is 1.11. The Bertz CT molecular complexity index is 277. The summed E-state index contributed by atoms with van der Waals surface area (Å²) in [6, 6.07) is 8.38. The lowest BCUT2D eigenvalue weighted by molar-refractivity contribution is 0.211. The molecule has 0 bridgehead atoms. The smallest absolute Gasteiger partial charge is 0.0436 e. The summed E-state index contributed by atoms with van der Waals surface area (Å²) in [5.41, 5.74) is 1.51. The highest BCUT2D eigenvalue weighted by atomic mass is 79.9. The molecule has 0 fully saturated rings. The average Bonchev–Trinajstić information content (AvgIpc) is 2.08. The first-order valence-electron chi connectivity index (χ1n) is 4.89. The van der Waals surface area contributed by atoms with Crippen molar-refractivity contribution in [2.24, 2.45) is 5.41 Å². The van der Waals surface area contributed by atoms with E-state index in [1.807, 2.05) is 0 Å². The van der Waals surface area contributed by atoms with E-state index in [0.29, 0.717) is 0 Å². The predicted octanol–water partition coefficient (Wildman–Crippen LogP) is 3.40. The molecule has 0 aliphatic carbocycles. The van der Waals surface area contributed by atoms with Crippen molar-refractivity contribution in [3.63, 3.8) is 0 Å². The molecule has 0 amide bonds. The fraction of sp³-hybridized carbons (Fsp3) is 0.500. The van der Waals surface area contributed by atoms with E-state index in [4.69, 9.17) is 5.11 Å². The first kappa shape index (κ1) is 11.7. The van der Waals surface area contributed by atoms with Gasteiger partial charge in [0.1, 0.15) is 0 Å². The Balaban J connectivity index is 2.64. The molecule has 0 atom stereocenters. The fourth-order valence-electron chi connectivity index (χ4n) is 1.55. The first-order chi connectivity index (χ1) is 6.53. The van der Waals surface area contributed by atoms with Gasteiger partial charge in [-0.25, -0.2) is 0 Å². The maximum absolute atomic E-state index is 8.92.